The van der Waals surface area contributed by atoms with Crippen molar-refractivity contribution in [2.75, 3.05) is 18.6 Å². The van der Waals surface area contributed by atoms with Crippen LogP contribution in [0.1, 0.15) is 12.0 Å². The Hall–Kier alpha value is -2.24. The molecule has 2 aromatic rings. The summed E-state index contributed by atoms with van der Waals surface area (Å²) in [6, 6.07) is 12.5. The SMILES string of the molecule is COc1ccccc1CNC(=O)[C@@H]1CC(=O)N(c2ccc(Cl)c(Cl)c2)C1. The number of benzene rings is 2. The van der Waals surface area contributed by atoms with Gasteiger partial charge in [0, 0.05) is 30.8 Å². The summed E-state index contributed by atoms with van der Waals surface area (Å²) in [5.74, 6) is 0.0343. The molecule has 1 saturated heterocycles. The van der Waals surface area contributed by atoms with Crippen molar-refractivity contribution in [2.24, 2.45) is 5.92 Å². The lowest BCUT2D eigenvalue weighted by Crippen LogP contribution is -2.32. The van der Waals surface area contributed by atoms with Crippen LogP contribution >= 0.6 is 23.2 Å². The lowest BCUT2D eigenvalue weighted by molar-refractivity contribution is -0.126. The molecule has 7 heteroatoms. The van der Waals surface area contributed by atoms with Crippen molar-refractivity contribution in [3.63, 3.8) is 0 Å². The molecule has 2 aromatic carbocycles. The van der Waals surface area contributed by atoms with Crippen LogP contribution in [0.5, 0.6) is 5.75 Å². The molecule has 1 aliphatic heterocycles. The maximum absolute atomic E-state index is 12.5. The van der Waals surface area contributed by atoms with E-state index in [4.69, 9.17) is 27.9 Å². The van der Waals surface area contributed by atoms with Crippen LogP contribution in [-0.4, -0.2) is 25.5 Å². The second-order valence-corrected chi connectivity index (χ2v) is 6.85. The minimum Gasteiger partial charge on any atom is -0.496 e. The second-order valence-electron chi connectivity index (χ2n) is 6.03. The minimum absolute atomic E-state index is 0.110. The summed E-state index contributed by atoms with van der Waals surface area (Å²) in [6.07, 6.45) is 0.165. The lowest BCUT2D eigenvalue weighted by atomic mass is 10.1. The Kier molecular flexibility index (Phi) is 5.69. The van der Waals surface area contributed by atoms with Gasteiger partial charge in [-0.15, -0.1) is 0 Å². The van der Waals surface area contributed by atoms with Crippen LogP contribution in [0.25, 0.3) is 0 Å². The summed E-state index contributed by atoms with van der Waals surface area (Å²) in [5.41, 5.74) is 1.53. The smallest absolute Gasteiger partial charge is 0.227 e. The third kappa shape index (κ3) is 3.94. The monoisotopic (exact) mass is 392 g/mol. The molecule has 0 aromatic heterocycles. The molecule has 1 atom stereocenters. The molecule has 136 valence electrons. The zero-order valence-corrected chi connectivity index (χ0v) is 15.7. The van der Waals surface area contributed by atoms with E-state index in [2.05, 4.69) is 5.32 Å². The van der Waals surface area contributed by atoms with Crippen LogP contribution in [0.2, 0.25) is 10.0 Å². The van der Waals surface area contributed by atoms with Gasteiger partial charge in [-0.3, -0.25) is 9.59 Å². The number of anilines is 1. The maximum Gasteiger partial charge on any atom is 0.227 e. The Morgan fingerprint density at radius 3 is 2.73 bits per heavy atom. The van der Waals surface area contributed by atoms with E-state index in [1.54, 1.807) is 30.2 Å². The van der Waals surface area contributed by atoms with Gasteiger partial charge in [0.2, 0.25) is 11.8 Å². The van der Waals surface area contributed by atoms with E-state index in [0.29, 0.717) is 34.6 Å². The van der Waals surface area contributed by atoms with E-state index in [1.165, 1.54) is 0 Å². The summed E-state index contributed by atoms with van der Waals surface area (Å²) in [7, 11) is 1.59. The van der Waals surface area contributed by atoms with Crippen molar-refractivity contribution >= 4 is 40.7 Å². The van der Waals surface area contributed by atoms with E-state index in [9.17, 15) is 9.59 Å². The molecule has 1 fully saturated rings. The predicted molar refractivity (Wildman–Crippen MR) is 102 cm³/mol. The Morgan fingerprint density at radius 2 is 2.00 bits per heavy atom. The van der Waals surface area contributed by atoms with Crippen LogP contribution in [0.3, 0.4) is 0 Å². The average molecular weight is 393 g/mol. The van der Waals surface area contributed by atoms with Gasteiger partial charge in [-0.05, 0) is 24.3 Å². The number of nitrogens with one attached hydrogen (secondary N) is 1. The Morgan fingerprint density at radius 1 is 1.23 bits per heavy atom. The van der Waals surface area contributed by atoms with Gasteiger partial charge >= 0.3 is 0 Å². The van der Waals surface area contributed by atoms with Crippen molar-refractivity contribution in [1.82, 2.24) is 5.32 Å². The van der Waals surface area contributed by atoms with Gasteiger partial charge in [0.25, 0.3) is 0 Å². The molecular weight excluding hydrogens is 375 g/mol. The van der Waals surface area contributed by atoms with Crippen LogP contribution in [0.15, 0.2) is 42.5 Å². The number of para-hydroxylation sites is 1. The van der Waals surface area contributed by atoms with Gasteiger partial charge in [0.1, 0.15) is 5.75 Å². The van der Waals surface area contributed by atoms with E-state index in [0.717, 1.165) is 5.56 Å². The first-order chi connectivity index (χ1) is 12.5. The zero-order chi connectivity index (χ0) is 18.7. The van der Waals surface area contributed by atoms with Crippen LogP contribution in [-0.2, 0) is 16.1 Å². The Balaban J connectivity index is 1.64. The largest absolute Gasteiger partial charge is 0.496 e. The van der Waals surface area contributed by atoms with E-state index in [1.807, 2.05) is 24.3 Å². The molecule has 0 aliphatic carbocycles. The fourth-order valence-corrected chi connectivity index (χ4v) is 3.25. The summed E-state index contributed by atoms with van der Waals surface area (Å²) in [4.78, 5) is 26.4. The van der Waals surface area contributed by atoms with Crippen LogP contribution < -0.4 is 15.0 Å². The number of rotatable bonds is 5. The molecule has 2 amide bonds. The molecule has 1 N–H and O–H groups in total. The third-order valence-electron chi connectivity index (χ3n) is 4.36. The van der Waals surface area contributed by atoms with Gasteiger partial charge in [-0.1, -0.05) is 41.4 Å². The fourth-order valence-electron chi connectivity index (χ4n) is 2.96. The highest BCUT2D eigenvalue weighted by Crippen LogP contribution is 2.31. The molecule has 0 saturated carbocycles. The fraction of sp³-hybridized carbons (Fsp3) is 0.263. The maximum atomic E-state index is 12.5. The standard InChI is InChI=1S/C19H18Cl2N2O3/c1-26-17-5-3-2-4-12(17)10-22-19(25)13-8-18(24)23(11-13)14-6-7-15(20)16(21)9-14/h2-7,9,13H,8,10-11H2,1H3,(H,22,25)/t13-/m1/s1. The number of hydrogen-bond acceptors (Lipinski definition) is 3. The lowest BCUT2D eigenvalue weighted by Gasteiger charge is -2.17. The van der Waals surface area contributed by atoms with E-state index in [-0.39, 0.29) is 18.2 Å². The number of methoxy groups -OCH3 is 1. The molecule has 5 nitrogen and oxygen atoms in total. The molecule has 1 aliphatic rings. The number of nitrogens with zero attached hydrogens (tertiary/aromatic N) is 1. The molecule has 0 radical (unpaired) electrons. The van der Waals surface area contributed by atoms with Gasteiger partial charge in [-0.2, -0.15) is 0 Å². The van der Waals surface area contributed by atoms with Crippen molar-refractivity contribution in [1.29, 1.82) is 0 Å². The first-order valence-electron chi connectivity index (χ1n) is 8.14. The first kappa shape index (κ1) is 18.5. The van der Waals surface area contributed by atoms with Gasteiger partial charge in [0.05, 0.1) is 23.1 Å². The third-order valence-corrected chi connectivity index (χ3v) is 5.10. The summed E-state index contributed by atoms with van der Waals surface area (Å²) < 4.78 is 5.28. The Bertz CT molecular complexity index is 841. The number of carbonyl (C=O) groups excluding carboxylic acids is 2. The number of carbonyl (C=O) groups is 2. The average Bonchev–Trinajstić information content (AvgIpc) is 3.04. The van der Waals surface area contributed by atoms with Gasteiger partial charge < -0.3 is 15.0 Å². The van der Waals surface area contributed by atoms with Crippen molar-refractivity contribution in [3.8, 4) is 5.75 Å². The van der Waals surface area contributed by atoms with Gasteiger partial charge in [0.15, 0.2) is 0 Å². The van der Waals surface area contributed by atoms with E-state index < -0.39 is 5.92 Å². The summed E-state index contributed by atoms with van der Waals surface area (Å²) in [5, 5.41) is 3.68. The number of halogens is 2. The van der Waals surface area contributed by atoms with Crippen molar-refractivity contribution in [3.05, 3.63) is 58.1 Å². The topological polar surface area (TPSA) is 58.6 Å². The molecular formula is C19H18Cl2N2O3. The number of ether oxygens (including phenoxy) is 1. The second kappa shape index (κ2) is 7.98. The zero-order valence-electron chi connectivity index (χ0n) is 14.2. The molecule has 0 spiro atoms. The highest BCUT2D eigenvalue weighted by molar-refractivity contribution is 6.42. The van der Waals surface area contributed by atoms with Crippen molar-refractivity contribution < 1.29 is 14.3 Å². The number of amides is 2. The normalized spacial score (nSPS) is 16.7. The predicted octanol–water partition coefficient (Wildman–Crippen LogP) is 3.67. The van der Waals surface area contributed by atoms with E-state index >= 15 is 0 Å². The molecule has 3 rings (SSSR count). The molecule has 0 unspecified atom stereocenters. The molecule has 26 heavy (non-hydrogen) atoms. The Labute approximate surface area is 161 Å². The summed E-state index contributed by atoms with van der Waals surface area (Å²) in [6.45, 7) is 0.662. The highest BCUT2D eigenvalue weighted by Gasteiger charge is 2.35. The van der Waals surface area contributed by atoms with Crippen molar-refractivity contribution in [2.45, 2.75) is 13.0 Å². The highest BCUT2D eigenvalue weighted by atomic mass is 35.5. The number of hydrogen-bond donors (Lipinski definition) is 1. The van der Waals surface area contributed by atoms with Crippen LogP contribution in [0.4, 0.5) is 5.69 Å². The van der Waals surface area contributed by atoms with Gasteiger partial charge in [-0.25, -0.2) is 0 Å². The minimum atomic E-state index is -0.410. The van der Waals surface area contributed by atoms with Crippen LogP contribution in [0, 0.1) is 5.92 Å². The summed E-state index contributed by atoms with van der Waals surface area (Å²) >= 11 is 11.9. The first-order valence-corrected chi connectivity index (χ1v) is 8.90. The quantitative estimate of drug-likeness (QED) is 0.844. The molecule has 1 heterocycles. The molecule has 0 bridgehead atoms.